The van der Waals surface area contributed by atoms with Crippen LogP contribution >= 0.6 is 0 Å². The van der Waals surface area contributed by atoms with Crippen LogP contribution in [0.2, 0.25) is 0 Å². The van der Waals surface area contributed by atoms with Gasteiger partial charge >= 0.3 is 0 Å². The van der Waals surface area contributed by atoms with Crippen LogP contribution in [0.4, 0.5) is 5.69 Å². The lowest BCUT2D eigenvalue weighted by Crippen LogP contribution is -2.46. The molecule has 3 rings (SSSR count). The first-order chi connectivity index (χ1) is 13.5. The van der Waals surface area contributed by atoms with Crippen LogP contribution in [0, 0.1) is 0 Å². The fourth-order valence-electron chi connectivity index (χ4n) is 3.21. The van der Waals surface area contributed by atoms with E-state index in [9.17, 15) is 13.5 Å². The maximum atomic E-state index is 13.4. The molecule has 1 fully saturated rings. The fraction of sp³-hybridized carbons (Fsp3) is 0.400. The number of aliphatic hydroxyl groups is 1. The highest BCUT2D eigenvalue weighted by Crippen LogP contribution is 2.32. The Morgan fingerprint density at radius 3 is 2.43 bits per heavy atom. The second-order valence-corrected chi connectivity index (χ2v) is 8.45. The molecule has 28 heavy (non-hydrogen) atoms. The Balaban J connectivity index is 1.90. The van der Waals surface area contributed by atoms with Gasteiger partial charge in [0, 0.05) is 19.6 Å². The largest absolute Gasteiger partial charge is 0.495 e. The number of β-amino-alcohol motifs (C(OH)–C–C–N with tert-alkyl or cyclic N) is 1. The third-order valence-electron chi connectivity index (χ3n) is 4.63. The number of nitrogens with zero attached hydrogens (tertiary/aromatic N) is 2. The number of sulfonamides is 1. The summed E-state index contributed by atoms with van der Waals surface area (Å²) in [7, 11) is -2.38. The number of ether oxygens (including phenoxy) is 2. The quantitative estimate of drug-likeness (QED) is 0.717. The molecule has 0 radical (unpaired) electrons. The van der Waals surface area contributed by atoms with Crippen LogP contribution in [0.1, 0.15) is 0 Å². The zero-order valence-corrected chi connectivity index (χ0v) is 16.7. The Kier molecular flexibility index (Phi) is 6.90. The molecule has 0 unspecified atom stereocenters. The van der Waals surface area contributed by atoms with Gasteiger partial charge in [-0.15, -0.1) is 0 Å². The maximum Gasteiger partial charge on any atom is 0.264 e. The molecular formula is C20H26N2O5S. The van der Waals surface area contributed by atoms with Gasteiger partial charge in [0.15, 0.2) is 0 Å². The molecule has 2 aromatic carbocycles. The number of rotatable bonds is 8. The normalized spacial score (nSPS) is 16.5. The third kappa shape index (κ3) is 4.82. The van der Waals surface area contributed by atoms with Gasteiger partial charge < -0.3 is 14.6 Å². The van der Waals surface area contributed by atoms with Gasteiger partial charge in [0.2, 0.25) is 0 Å². The number of methoxy groups -OCH3 is 1. The van der Waals surface area contributed by atoms with Crippen LogP contribution < -0.4 is 9.04 Å². The van der Waals surface area contributed by atoms with E-state index in [4.69, 9.17) is 9.47 Å². The topological polar surface area (TPSA) is 79.3 Å². The molecule has 0 bridgehead atoms. The van der Waals surface area contributed by atoms with Crippen molar-refractivity contribution in [1.29, 1.82) is 0 Å². The molecule has 0 amide bonds. The first-order valence-corrected chi connectivity index (χ1v) is 10.7. The van der Waals surface area contributed by atoms with Gasteiger partial charge in [0.1, 0.15) is 5.75 Å². The van der Waals surface area contributed by atoms with E-state index in [-0.39, 0.29) is 11.4 Å². The molecule has 1 saturated heterocycles. The number of benzene rings is 2. The second kappa shape index (κ2) is 9.38. The Labute approximate surface area is 166 Å². The van der Waals surface area contributed by atoms with E-state index in [1.807, 2.05) is 0 Å². The predicted octanol–water partition coefficient (Wildman–Crippen LogP) is 1.58. The van der Waals surface area contributed by atoms with Gasteiger partial charge in [-0.25, -0.2) is 8.42 Å². The summed E-state index contributed by atoms with van der Waals surface area (Å²) in [5, 5.41) is 10.7. The molecule has 1 N–H and O–H groups in total. The molecule has 2 aromatic rings. The van der Waals surface area contributed by atoms with Crippen LogP contribution in [0.25, 0.3) is 0 Å². The van der Waals surface area contributed by atoms with Gasteiger partial charge in [0.05, 0.1) is 43.6 Å². The van der Waals surface area contributed by atoms with E-state index in [1.54, 1.807) is 54.6 Å². The van der Waals surface area contributed by atoms with E-state index in [1.165, 1.54) is 11.4 Å². The number of aliphatic hydroxyl groups excluding tert-OH is 1. The van der Waals surface area contributed by atoms with Crippen molar-refractivity contribution in [2.75, 3.05) is 50.8 Å². The Morgan fingerprint density at radius 1 is 1.11 bits per heavy atom. The van der Waals surface area contributed by atoms with Crippen molar-refractivity contribution in [3.63, 3.8) is 0 Å². The molecule has 1 atom stereocenters. The number of morpholine rings is 1. The van der Waals surface area contributed by atoms with Crippen molar-refractivity contribution in [3.05, 3.63) is 54.6 Å². The van der Waals surface area contributed by atoms with Gasteiger partial charge in [-0.1, -0.05) is 30.3 Å². The summed E-state index contributed by atoms with van der Waals surface area (Å²) < 4.78 is 38.6. The van der Waals surface area contributed by atoms with Crippen LogP contribution in [0.15, 0.2) is 59.5 Å². The summed E-state index contributed by atoms with van der Waals surface area (Å²) >= 11 is 0. The van der Waals surface area contributed by atoms with Gasteiger partial charge in [-0.05, 0) is 24.3 Å². The SMILES string of the molecule is COc1ccccc1N(C[C@@H](O)CN1CCOCC1)S(=O)(=O)c1ccccc1. The summed E-state index contributed by atoms with van der Waals surface area (Å²) in [6.45, 7) is 2.97. The average molecular weight is 407 g/mol. The Hall–Kier alpha value is -2.13. The standard InChI is InChI=1S/C20H26N2O5S/c1-26-20-10-6-5-9-19(20)22(28(24,25)18-7-3-2-4-8-18)16-17(23)15-21-11-13-27-14-12-21/h2-10,17,23H,11-16H2,1H3/t17-/m0/s1. The maximum absolute atomic E-state index is 13.4. The van der Waals surface area contributed by atoms with Crippen molar-refractivity contribution < 1.29 is 23.0 Å². The molecule has 7 nitrogen and oxygen atoms in total. The van der Waals surface area contributed by atoms with Crippen molar-refractivity contribution in [1.82, 2.24) is 4.90 Å². The lowest BCUT2D eigenvalue weighted by Gasteiger charge is -2.32. The first-order valence-electron chi connectivity index (χ1n) is 9.21. The molecule has 152 valence electrons. The second-order valence-electron chi connectivity index (χ2n) is 6.59. The molecule has 8 heteroatoms. The smallest absolute Gasteiger partial charge is 0.264 e. The minimum atomic E-state index is -3.87. The van der Waals surface area contributed by atoms with Crippen molar-refractivity contribution in [3.8, 4) is 5.75 Å². The minimum Gasteiger partial charge on any atom is -0.495 e. The van der Waals surface area contributed by atoms with E-state index < -0.39 is 16.1 Å². The molecule has 0 spiro atoms. The first kappa shape index (κ1) is 20.6. The summed E-state index contributed by atoms with van der Waals surface area (Å²) in [6, 6.07) is 15.1. The molecule has 0 aliphatic carbocycles. The van der Waals surface area contributed by atoms with E-state index in [0.29, 0.717) is 31.2 Å². The van der Waals surface area contributed by atoms with Crippen LogP contribution in [0.5, 0.6) is 5.75 Å². The van der Waals surface area contributed by atoms with Crippen LogP contribution in [0.3, 0.4) is 0 Å². The summed E-state index contributed by atoms with van der Waals surface area (Å²) in [5.41, 5.74) is 0.398. The lowest BCUT2D eigenvalue weighted by atomic mass is 10.2. The van der Waals surface area contributed by atoms with Gasteiger partial charge in [-0.3, -0.25) is 9.21 Å². The highest BCUT2D eigenvalue weighted by molar-refractivity contribution is 7.92. The van der Waals surface area contributed by atoms with E-state index in [2.05, 4.69) is 4.90 Å². The molecule has 1 heterocycles. The summed E-state index contributed by atoms with van der Waals surface area (Å²) in [6.07, 6.45) is -0.860. The molecule has 1 aliphatic rings. The fourth-order valence-corrected chi connectivity index (χ4v) is 4.75. The molecule has 0 aromatic heterocycles. The zero-order valence-electron chi connectivity index (χ0n) is 15.9. The van der Waals surface area contributed by atoms with Crippen molar-refractivity contribution in [2.45, 2.75) is 11.0 Å². The highest BCUT2D eigenvalue weighted by Gasteiger charge is 2.29. The number of para-hydroxylation sites is 2. The van der Waals surface area contributed by atoms with E-state index in [0.717, 1.165) is 13.1 Å². The van der Waals surface area contributed by atoms with Gasteiger partial charge in [0.25, 0.3) is 10.0 Å². The molecule has 0 saturated carbocycles. The third-order valence-corrected chi connectivity index (χ3v) is 6.43. The summed E-state index contributed by atoms with van der Waals surface area (Å²) in [4.78, 5) is 2.24. The number of anilines is 1. The Bertz CT molecular complexity index is 854. The van der Waals surface area contributed by atoms with Crippen molar-refractivity contribution in [2.24, 2.45) is 0 Å². The van der Waals surface area contributed by atoms with Crippen LogP contribution in [-0.4, -0.2) is 71.0 Å². The molecule has 1 aliphatic heterocycles. The summed E-state index contributed by atoms with van der Waals surface area (Å²) in [5.74, 6) is 0.431. The predicted molar refractivity (Wildman–Crippen MR) is 107 cm³/mol. The lowest BCUT2D eigenvalue weighted by molar-refractivity contribution is 0.0166. The van der Waals surface area contributed by atoms with Crippen molar-refractivity contribution >= 4 is 15.7 Å². The number of hydrogen-bond acceptors (Lipinski definition) is 6. The number of hydrogen-bond donors (Lipinski definition) is 1. The van der Waals surface area contributed by atoms with E-state index >= 15 is 0 Å². The minimum absolute atomic E-state index is 0.0744. The zero-order chi connectivity index (χ0) is 20.0. The van der Waals surface area contributed by atoms with Gasteiger partial charge in [-0.2, -0.15) is 0 Å². The van der Waals surface area contributed by atoms with Crippen LogP contribution in [-0.2, 0) is 14.8 Å². The monoisotopic (exact) mass is 406 g/mol. The highest BCUT2D eigenvalue weighted by atomic mass is 32.2. The molecular weight excluding hydrogens is 380 g/mol. The Morgan fingerprint density at radius 2 is 1.75 bits per heavy atom. The average Bonchev–Trinajstić information content (AvgIpc) is 2.73.